The third-order valence-corrected chi connectivity index (χ3v) is 11.6. The van der Waals surface area contributed by atoms with E-state index in [1.54, 1.807) is 28.3 Å². The molecule has 0 amide bonds. The summed E-state index contributed by atoms with van der Waals surface area (Å²) in [5.74, 6) is 0. The topological polar surface area (TPSA) is 9.23 Å². The summed E-state index contributed by atoms with van der Waals surface area (Å²) in [5.41, 5.74) is 9.24. The minimum Gasteiger partial charge on any atom is -0.425 e. The minimum absolute atomic E-state index is 0.0860. The van der Waals surface area contributed by atoms with Crippen molar-refractivity contribution < 1.29 is 27.7 Å². The largest absolute Gasteiger partial charge is 0.425 e. The molecule has 0 aliphatic heterocycles. The molecule has 2 aliphatic carbocycles. The molecule has 0 saturated carbocycles. The van der Waals surface area contributed by atoms with Crippen LogP contribution in [0.1, 0.15) is 57.2 Å². The predicted octanol–water partition coefficient (Wildman–Crippen LogP) is 7.29. The van der Waals surface area contributed by atoms with Gasteiger partial charge in [-0.15, -0.1) is 0 Å². The van der Waals surface area contributed by atoms with Crippen molar-refractivity contribution in [2.45, 2.75) is 41.5 Å². The summed E-state index contributed by atoms with van der Waals surface area (Å²) in [7, 11) is -0.0860. The second-order valence-electron chi connectivity index (χ2n) is 7.61. The fraction of sp³-hybridized carbons (Fsp3) is 0.286. The van der Waals surface area contributed by atoms with E-state index in [2.05, 4.69) is 87.7 Å². The van der Waals surface area contributed by atoms with Gasteiger partial charge in [-0.1, -0.05) is 31.4 Å². The molecule has 0 radical (unpaired) electrons. The van der Waals surface area contributed by atoms with Crippen molar-refractivity contribution in [2.24, 2.45) is 0 Å². The van der Waals surface area contributed by atoms with Crippen molar-refractivity contribution in [3.05, 3.63) is 107 Å². The molecule has 162 valence electrons. The van der Waals surface area contributed by atoms with E-state index in [1.165, 1.54) is 11.1 Å². The molecule has 31 heavy (non-hydrogen) atoms. The zero-order valence-electron chi connectivity index (χ0n) is 19.7. The van der Waals surface area contributed by atoms with E-state index in [-0.39, 0.29) is 9.76 Å². The van der Waals surface area contributed by atoms with Crippen LogP contribution >= 0.6 is 0 Å². The van der Waals surface area contributed by atoms with Crippen molar-refractivity contribution >= 4 is 21.9 Å². The Hall–Kier alpha value is -1.54. The maximum absolute atomic E-state index is 4.97. The quantitative estimate of drug-likeness (QED) is 0.305. The van der Waals surface area contributed by atoms with Crippen LogP contribution in [0, 0.1) is 0 Å². The van der Waals surface area contributed by atoms with Gasteiger partial charge >= 0.3 is 138 Å². The fourth-order valence-electron chi connectivity index (χ4n) is 3.91. The van der Waals surface area contributed by atoms with Gasteiger partial charge in [0.2, 0.25) is 0 Å². The van der Waals surface area contributed by atoms with Gasteiger partial charge in [0.25, 0.3) is 0 Å². The summed E-state index contributed by atoms with van der Waals surface area (Å²) in [6.45, 7) is 15.1. The Morgan fingerprint density at radius 3 is 1.74 bits per heavy atom. The van der Waals surface area contributed by atoms with Crippen molar-refractivity contribution in [3.8, 4) is 0 Å². The number of fused-ring (bicyclic) bond motifs is 2. The molecule has 2 aromatic carbocycles. The van der Waals surface area contributed by atoms with Crippen LogP contribution in [-0.4, -0.2) is 16.4 Å². The second-order valence-corrected chi connectivity index (χ2v) is 12.3. The Morgan fingerprint density at radius 1 is 0.935 bits per heavy atom. The van der Waals surface area contributed by atoms with Gasteiger partial charge in [0.05, 0.1) is 0 Å². The Labute approximate surface area is 203 Å². The Balaban J connectivity index is 0.000000289. The van der Waals surface area contributed by atoms with Crippen LogP contribution in [0.4, 0.5) is 0 Å². The smallest absolute Gasteiger partial charge is 0.158 e. The summed E-state index contributed by atoms with van der Waals surface area (Å²) >= 11 is -0.616. The maximum atomic E-state index is 4.97. The first kappa shape index (κ1) is 25.7. The van der Waals surface area contributed by atoms with Crippen LogP contribution in [0.2, 0.25) is 6.55 Å². The van der Waals surface area contributed by atoms with Gasteiger partial charge in [-0.2, -0.15) is 0 Å². The van der Waals surface area contributed by atoms with Crippen molar-refractivity contribution in [1.29, 1.82) is 0 Å². The van der Waals surface area contributed by atoms with Crippen LogP contribution in [0.25, 0.3) is 12.2 Å². The van der Waals surface area contributed by atoms with Crippen LogP contribution in [-0.2, 0) is 27.7 Å². The first-order valence-electron chi connectivity index (χ1n) is 11.2. The van der Waals surface area contributed by atoms with E-state index >= 15 is 0 Å². The van der Waals surface area contributed by atoms with Crippen LogP contribution < -0.4 is 0 Å². The van der Waals surface area contributed by atoms with Crippen molar-refractivity contribution in [3.63, 3.8) is 0 Å². The normalized spacial score (nSPS) is 18.4. The Kier molecular flexibility index (Phi) is 11.4. The van der Waals surface area contributed by atoms with Crippen LogP contribution in [0.5, 0.6) is 0 Å². The molecule has 0 N–H and O–H groups in total. The molecule has 2 aromatic rings. The molecule has 0 spiro atoms. The average Bonchev–Trinajstić information content (AvgIpc) is 3.26. The third kappa shape index (κ3) is 7.24. The van der Waals surface area contributed by atoms with Crippen LogP contribution in [0.3, 0.4) is 0 Å². The SMILES string of the molecule is C=CC=CC.CC1=Cc2ccccc2[CH]1[Zr][CH]1C(C)=Cc2ccccc21.CCO[SiH2]C. The van der Waals surface area contributed by atoms with Gasteiger partial charge in [-0.05, 0) is 13.8 Å². The van der Waals surface area contributed by atoms with Gasteiger partial charge in [-0.25, -0.2) is 0 Å². The number of hydrogen-bond acceptors (Lipinski definition) is 1. The number of benzene rings is 2. The minimum atomic E-state index is -0.616. The third-order valence-electron chi connectivity index (χ3n) is 5.36. The molecule has 2 unspecified atom stereocenters. The first-order valence-corrected chi connectivity index (χ1v) is 16.0. The first-order chi connectivity index (χ1) is 15.1. The summed E-state index contributed by atoms with van der Waals surface area (Å²) < 4.78 is 6.45. The van der Waals surface area contributed by atoms with Gasteiger partial charge in [-0.3, -0.25) is 0 Å². The predicted molar refractivity (Wildman–Crippen MR) is 137 cm³/mol. The van der Waals surface area contributed by atoms with E-state index in [0.29, 0.717) is 0 Å². The van der Waals surface area contributed by atoms with Gasteiger partial charge < -0.3 is 4.43 Å². The molecule has 3 heteroatoms. The van der Waals surface area contributed by atoms with E-state index in [4.69, 9.17) is 4.43 Å². The van der Waals surface area contributed by atoms with E-state index in [0.717, 1.165) is 13.9 Å². The summed E-state index contributed by atoms with van der Waals surface area (Å²) in [5, 5.41) is 0. The molecule has 0 fully saturated rings. The average molecular weight is 508 g/mol. The van der Waals surface area contributed by atoms with Gasteiger partial charge in [0.1, 0.15) is 0 Å². The molecule has 2 aliphatic rings. The zero-order valence-corrected chi connectivity index (χ0v) is 23.6. The van der Waals surface area contributed by atoms with Gasteiger partial charge in [0, 0.05) is 6.61 Å². The molecular weight excluding hydrogens is 472 g/mol. The Morgan fingerprint density at radius 2 is 1.42 bits per heavy atom. The Bertz CT molecular complexity index is 874. The molecule has 0 heterocycles. The maximum Gasteiger partial charge on any atom is 0.158 e. The zero-order chi connectivity index (χ0) is 22.6. The summed E-state index contributed by atoms with van der Waals surface area (Å²) in [6, 6.07) is 17.9. The summed E-state index contributed by atoms with van der Waals surface area (Å²) in [4.78, 5) is 0. The summed E-state index contributed by atoms with van der Waals surface area (Å²) in [6.07, 6.45) is 10.4. The van der Waals surface area contributed by atoms with E-state index in [1.807, 2.05) is 26.0 Å². The molecule has 0 bridgehead atoms. The van der Waals surface area contributed by atoms with Gasteiger partial charge in [0.15, 0.2) is 9.76 Å². The monoisotopic (exact) mass is 506 g/mol. The van der Waals surface area contributed by atoms with Crippen molar-refractivity contribution in [2.75, 3.05) is 6.61 Å². The fourth-order valence-corrected chi connectivity index (χ4v) is 9.01. The molecule has 0 aromatic heterocycles. The van der Waals surface area contributed by atoms with E-state index in [9.17, 15) is 0 Å². The molecule has 4 rings (SSSR count). The number of allylic oxidation sites excluding steroid dienone is 5. The number of hydrogen-bond donors (Lipinski definition) is 0. The molecular formula is C28H36OSiZr. The van der Waals surface area contributed by atoms with Crippen molar-refractivity contribution in [1.82, 2.24) is 0 Å². The number of rotatable bonds is 5. The molecule has 2 atom stereocenters. The standard InChI is InChI=1S/2C10H9.C5H8.C3H10OSi.Zr/c2*1-8-6-9-4-2-3-5-10(9)7-8;1-3-5-4-2;1-3-4-5-2;/h2*2-7H,1H3;3-5H,1H2,2H3;3,5H2,1-2H3;. The van der Waals surface area contributed by atoms with E-state index < -0.39 is 23.2 Å². The molecule has 0 saturated heterocycles. The van der Waals surface area contributed by atoms with Crippen LogP contribution in [0.15, 0.2) is 84.5 Å². The second kappa shape index (κ2) is 13.8. The molecule has 1 nitrogen and oxygen atoms in total.